The fraction of sp³-hybridized carbons (Fsp3) is 0.360. The lowest BCUT2D eigenvalue weighted by atomic mass is 9.84. The number of thiophene rings is 1. The molecule has 6 nitrogen and oxygen atoms in total. The van der Waals surface area contributed by atoms with E-state index in [1.807, 2.05) is 61.5 Å². The van der Waals surface area contributed by atoms with E-state index in [1.165, 1.54) is 24.2 Å². The molecule has 3 N–H and O–H groups in total. The Bertz CT molecular complexity index is 1120. The molecular weight excluding hydrogens is 420 g/mol. The number of carbonyl (C=O) groups is 2. The molecule has 32 heavy (non-hydrogen) atoms. The predicted octanol–water partition coefficient (Wildman–Crippen LogP) is 4.61. The Morgan fingerprint density at radius 3 is 2.56 bits per heavy atom. The molecule has 1 aromatic heterocycles. The molecule has 6 rings (SSSR count). The third-order valence-corrected chi connectivity index (χ3v) is 7.72. The van der Waals surface area contributed by atoms with Crippen LogP contribution >= 0.6 is 11.3 Å². The van der Waals surface area contributed by atoms with Gasteiger partial charge >= 0.3 is 6.03 Å². The van der Waals surface area contributed by atoms with Crippen LogP contribution in [0.3, 0.4) is 0 Å². The molecule has 3 aliphatic rings. The van der Waals surface area contributed by atoms with E-state index in [9.17, 15) is 9.59 Å². The van der Waals surface area contributed by atoms with Crippen LogP contribution in [0.15, 0.2) is 54.6 Å². The molecular formula is C25H28N4O2S. The molecule has 3 amide bonds. The van der Waals surface area contributed by atoms with Crippen molar-refractivity contribution < 1.29 is 9.59 Å². The first-order chi connectivity index (χ1) is 15.5. The second kappa shape index (κ2) is 8.92. The number of nitrogens with zero attached hydrogens (tertiary/aromatic N) is 1. The van der Waals surface area contributed by atoms with Crippen molar-refractivity contribution in [2.45, 2.75) is 31.8 Å². The Balaban J connectivity index is 1.23. The van der Waals surface area contributed by atoms with E-state index in [2.05, 4.69) is 20.9 Å². The van der Waals surface area contributed by atoms with Gasteiger partial charge in [0.2, 0.25) is 0 Å². The second-order valence-electron chi connectivity index (χ2n) is 8.81. The molecule has 3 aliphatic heterocycles. The number of carbonyl (C=O) groups excluding carboxylic acids is 2. The zero-order chi connectivity index (χ0) is 22.1. The van der Waals surface area contributed by atoms with Crippen molar-refractivity contribution in [2.24, 2.45) is 5.92 Å². The van der Waals surface area contributed by atoms with Gasteiger partial charge in [-0.3, -0.25) is 4.79 Å². The second-order valence-corrected chi connectivity index (χ2v) is 9.90. The molecule has 7 heteroatoms. The summed E-state index contributed by atoms with van der Waals surface area (Å²) in [6.07, 6.45) is 2.36. The molecule has 0 radical (unpaired) electrons. The minimum atomic E-state index is -0.252. The van der Waals surface area contributed by atoms with Gasteiger partial charge in [-0.1, -0.05) is 36.4 Å². The van der Waals surface area contributed by atoms with Crippen molar-refractivity contribution >= 4 is 39.0 Å². The minimum absolute atomic E-state index is 0.00823. The highest BCUT2D eigenvalue weighted by Gasteiger charge is 2.35. The van der Waals surface area contributed by atoms with Crippen LogP contribution in [-0.2, 0) is 0 Å². The number of anilines is 1. The van der Waals surface area contributed by atoms with E-state index in [-0.39, 0.29) is 24.0 Å². The summed E-state index contributed by atoms with van der Waals surface area (Å²) in [6, 6.07) is 17.5. The third-order valence-electron chi connectivity index (χ3n) is 6.62. The Hall–Kier alpha value is -2.90. The van der Waals surface area contributed by atoms with Gasteiger partial charge in [-0.05, 0) is 67.9 Å². The van der Waals surface area contributed by atoms with Crippen LogP contribution in [0.5, 0.6) is 0 Å². The smallest absolute Gasteiger partial charge is 0.319 e. The Labute approximate surface area is 192 Å². The van der Waals surface area contributed by atoms with Gasteiger partial charge in [0.1, 0.15) is 0 Å². The molecule has 4 heterocycles. The van der Waals surface area contributed by atoms with Gasteiger partial charge in [0.15, 0.2) is 0 Å². The SMILES string of the molecule is CC(NC(=O)Nc1ccc2cc(C(=O)N[C@H]3CN4CCC3CC4)sc2c1)c1ccccc1. The molecule has 1 unspecified atom stereocenters. The molecule has 2 bridgehead atoms. The lowest BCUT2D eigenvalue weighted by Crippen LogP contribution is -2.57. The zero-order valence-electron chi connectivity index (χ0n) is 18.1. The van der Waals surface area contributed by atoms with Crippen LogP contribution in [0.1, 0.15) is 41.0 Å². The summed E-state index contributed by atoms with van der Waals surface area (Å²) in [6.45, 7) is 5.24. The summed E-state index contributed by atoms with van der Waals surface area (Å²) in [7, 11) is 0. The fourth-order valence-electron chi connectivity index (χ4n) is 4.78. The Kier molecular flexibility index (Phi) is 5.85. The Morgan fingerprint density at radius 2 is 1.84 bits per heavy atom. The minimum Gasteiger partial charge on any atom is -0.347 e. The molecule has 0 saturated carbocycles. The molecule has 2 atom stereocenters. The summed E-state index contributed by atoms with van der Waals surface area (Å²) in [5.41, 5.74) is 1.76. The van der Waals surface area contributed by atoms with Crippen LogP contribution in [0, 0.1) is 5.92 Å². The maximum Gasteiger partial charge on any atom is 0.319 e. The van der Waals surface area contributed by atoms with Crippen molar-refractivity contribution in [3.8, 4) is 0 Å². The van der Waals surface area contributed by atoms with Gasteiger partial charge in [-0.15, -0.1) is 11.3 Å². The highest BCUT2D eigenvalue weighted by molar-refractivity contribution is 7.20. The van der Waals surface area contributed by atoms with Crippen LogP contribution in [0.25, 0.3) is 10.1 Å². The molecule has 3 fully saturated rings. The zero-order valence-corrected chi connectivity index (χ0v) is 19.0. The van der Waals surface area contributed by atoms with Crippen LogP contribution in [-0.4, -0.2) is 42.5 Å². The number of nitrogens with one attached hydrogen (secondary N) is 3. The number of rotatable bonds is 5. The summed E-state index contributed by atoms with van der Waals surface area (Å²) in [5.74, 6) is 0.611. The number of hydrogen-bond acceptors (Lipinski definition) is 4. The summed E-state index contributed by atoms with van der Waals surface area (Å²) in [4.78, 5) is 28.5. The number of urea groups is 1. The average molecular weight is 449 g/mol. The van der Waals surface area contributed by atoms with Gasteiger partial charge in [-0.25, -0.2) is 4.79 Å². The summed E-state index contributed by atoms with van der Waals surface area (Å²) >= 11 is 1.47. The van der Waals surface area contributed by atoms with E-state index in [1.54, 1.807) is 0 Å². The van der Waals surface area contributed by atoms with E-state index in [4.69, 9.17) is 0 Å². The van der Waals surface area contributed by atoms with Gasteiger partial charge in [0, 0.05) is 23.0 Å². The lowest BCUT2D eigenvalue weighted by Gasteiger charge is -2.44. The molecule has 3 saturated heterocycles. The standard InChI is InChI=1S/C25H28N4O2S/c1-16(17-5-3-2-4-6-17)26-25(31)27-20-8-7-19-13-23(32-22(19)14-20)24(30)28-21-15-29-11-9-18(21)10-12-29/h2-8,13-14,16,18,21H,9-12,15H2,1H3,(H,28,30)(H2,26,27,31)/t16?,21-/m0/s1. The summed E-state index contributed by atoms with van der Waals surface area (Å²) < 4.78 is 0.984. The predicted molar refractivity (Wildman–Crippen MR) is 129 cm³/mol. The van der Waals surface area contributed by atoms with Crippen molar-refractivity contribution in [1.29, 1.82) is 0 Å². The summed E-state index contributed by atoms with van der Waals surface area (Å²) in [5, 5.41) is 10.1. The first kappa shape index (κ1) is 21.0. The molecule has 0 spiro atoms. The van der Waals surface area contributed by atoms with Crippen LogP contribution in [0.4, 0.5) is 10.5 Å². The maximum atomic E-state index is 12.9. The van der Waals surface area contributed by atoms with E-state index in [0.29, 0.717) is 11.6 Å². The highest BCUT2D eigenvalue weighted by atomic mass is 32.1. The van der Waals surface area contributed by atoms with Crippen molar-refractivity contribution in [2.75, 3.05) is 25.0 Å². The first-order valence-electron chi connectivity index (χ1n) is 11.2. The molecule has 166 valence electrons. The number of benzene rings is 2. The van der Waals surface area contributed by atoms with Crippen molar-refractivity contribution in [3.05, 3.63) is 65.0 Å². The molecule has 2 aromatic carbocycles. The lowest BCUT2D eigenvalue weighted by molar-refractivity contribution is 0.0622. The monoisotopic (exact) mass is 448 g/mol. The quantitative estimate of drug-likeness (QED) is 0.534. The van der Waals surface area contributed by atoms with Crippen molar-refractivity contribution in [1.82, 2.24) is 15.5 Å². The maximum absolute atomic E-state index is 12.9. The number of amides is 3. The van der Waals surface area contributed by atoms with Gasteiger partial charge in [0.25, 0.3) is 5.91 Å². The largest absolute Gasteiger partial charge is 0.347 e. The topological polar surface area (TPSA) is 73.5 Å². The Morgan fingerprint density at radius 1 is 1.06 bits per heavy atom. The van der Waals surface area contributed by atoms with Gasteiger partial charge < -0.3 is 20.9 Å². The molecule has 3 aromatic rings. The first-order valence-corrected chi connectivity index (χ1v) is 12.1. The normalized spacial score (nSPS) is 23.0. The van der Waals surface area contributed by atoms with Crippen LogP contribution < -0.4 is 16.0 Å². The number of fused-ring (bicyclic) bond motifs is 4. The molecule has 0 aliphatic carbocycles. The average Bonchev–Trinajstić information content (AvgIpc) is 3.24. The number of piperidine rings is 3. The van der Waals surface area contributed by atoms with E-state index >= 15 is 0 Å². The fourth-order valence-corrected chi connectivity index (χ4v) is 5.78. The van der Waals surface area contributed by atoms with Gasteiger partial charge in [0.05, 0.1) is 10.9 Å². The number of hydrogen-bond donors (Lipinski definition) is 3. The van der Waals surface area contributed by atoms with Crippen LogP contribution in [0.2, 0.25) is 0 Å². The van der Waals surface area contributed by atoms with E-state index < -0.39 is 0 Å². The van der Waals surface area contributed by atoms with E-state index in [0.717, 1.165) is 40.2 Å². The van der Waals surface area contributed by atoms with Gasteiger partial charge in [-0.2, -0.15) is 0 Å². The highest BCUT2D eigenvalue weighted by Crippen LogP contribution is 2.30. The van der Waals surface area contributed by atoms with Crippen molar-refractivity contribution in [3.63, 3.8) is 0 Å². The third kappa shape index (κ3) is 4.49.